The van der Waals surface area contributed by atoms with Crippen LogP contribution in [0.2, 0.25) is 0 Å². The lowest BCUT2D eigenvalue weighted by molar-refractivity contribution is 0.495. The summed E-state index contributed by atoms with van der Waals surface area (Å²) in [7, 11) is -3.60. The molecule has 0 N–H and O–H groups in total. The SMILES string of the molecule is CS(=O)(=O)Oc1cccc2ccc(F)cc12. The topological polar surface area (TPSA) is 43.4 Å². The first-order chi connectivity index (χ1) is 7.46. The van der Waals surface area contributed by atoms with Gasteiger partial charge >= 0.3 is 10.1 Å². The van der Waals surface area contributed by atoms with E-state index < -0.39 is 15.9 Å². The highest BCUT2D eigenvalue weighted by Gasteiger charge is 2.08. The lowest BCUT2D eigenvalue weighted by Crippen LogP contribution is -2.05. The van der Waals surface area contributed by atoms with Crippen LogP contribution in [0.3, 0.4) is 0 Å². The van der Waals surface area contributed by atoms with Gasteiger partial charge < -0.3 is 4.18 Å². The van der Waals surface area contributed by atoms with Crippen LogP contribution >= 0.6 is 0 Å². The molecule has 2 aromatic carbocycles. The molecule has 2 aromatic rings. The fourth-order valence-corrected chi connectivity index (χ4v) is 1.92. The summed E-state index contributed by atoms with van der Waals surface area (Å²) in [5.74, 6) is -0.295. The second-order valence-corrected chi connectivity index (χ2v) is 4.98. The summed E-state index contributed by atoms with van der Waals surface area (Å²) < 4.78 is 39.8. The molecule has 0 heterocycles. The van der Waals surface area contributed by atoms with Gasteiger partial charge in [0.2, 0.25) is 0 Å². The van der Waals surface area contributed by atoms with Gasteiger partial charge in [0.05, 0.1) is 6.26 Å². The van der Waals surface area contributed by atoms with E-state index in [1.54, 1.807) is 18.2 Å². The summed E-state index contributed by atoms with van der Waals surface area (Å²) in [5, 5.41) is 1.16. The van der Waals surface area contributed by atoms with Gasteiger partial charge in [-0.2, -0.15) is 8.42 Å². The van der Waals surface area contributed by atoms with E-state index >= 15 is 0 Å². The van der Waals surface area contributed by atoms with Gasteiger partial charge in [-0.1, -0.05) is 18.2 Å². The van der Waals surface area contributed by atoms with E-state index in [1.165, 1.54) is 18.2 Å². The number of halogens is 1. The van der Waals surface area contributed by atoms with Gasteiger partial charge in [-0.05, 0) is 23.6 Å². The molecule has 0 atom stereocenters. The van der Waals surface area contributed by atoms with Gasteiger partial charge in [0, 0.05) is 5.39 Å². The second kappa shape index (κ2) is 3.75. The fourth-order valence-electron chi connectivity index (χ4n) is 1.45. The molecule has 3 nitrogen and oxygen atoms in total. The Kier molecular flexibility index (Phi) is 2.55. The first-order valence-electron chi connectivity index (χ1n) is 4.53. The van der Waals surface area contributed by atoms with Crippen molar-refractivity contribution in [2.75, 3.05) is 6.26 Å². The van der Waals surface area contributed by atoms with Crippen molar-refractivity contribution in [3.05, 3.63) is 42.2 Å². The molecule has 84 valence electrons. The van der Waals surface area contributed by atoms with Gasteiger partial charge in [0.25, 0.3) is 0 Å². The van der Waals surface area contributed by atoms with Crippen molar-refractivity contribution in [3.8, 4) is 5.75 Å². The molecular weight excluding hydrogens is 231 g/mol. The molecule has 0 aliphatic rings. The highest BCUT2D eigenvalue weighted by atomic mass is 32.2. The van der Waals surface area contributed by atoms with Crippen molar-refractivity contribution >= 4 is 20.9 Å². The molecule has 0 spiro atoms. The molecule has 0 saturated carbocycles. The zero-order valence-electron chi connectivity index (χ0n) is 8.48. The quantitative estimate of drug-likeness (QED) is 0.756. The predicted molar refractivity (Wildman–Crippen MR) is 59.4 cm³/mol. The maximum atomic E-state index is 13.0. The minimum Gasteiger partial charge on any atom is -0.382 e. The Morgan fingerprint density at radius 3 is 2.62 bits per heavy atom. The average molecular weight is 240 g/mol. The van der Waals surface area contributed by atoms with Crippen molar-refractivity contribution in [2.24, 2.45) is 0 Å². The number of benzene rings is 2. The van der Waals surface area contributed by atoms with E-state index in [4.69, 9.17) is 4.18 Å². The second-order valence-electron chi connectivity index (χ2n) is 3.41. The summed E-state index contributed by atoms with van der Waals surface area (Å²) in [5.41, 5.74) is 0. The standard InChI is InChI=1S/C11H9FO3S/c1-16(13,14)15-11-4-2-3-8-5-6-9(12)7-10(8)11/h2-7H,1H3. The number of hydrogen-bond acceptors (Lipinski definition) is 3. The van der Waals surface area contributed by atoms with E-state index in [0.717, 1.165) is 11.6 Å². The van der Waals surface area contributed by atoms with Crippen LogP contribution in [0.5, 0.6) is 5.75 Å². The predicted octanol–water partition coefficient (Wildman–Crippen LogP) is 2.32. The number of fused-ring (bicyclic) bond motifs is 1. The Morgan fingerprint density at radius 2 is 1.94 bits per heavy atom. The van der Waals surface area contributed by atoms with Crippen molar-refractivity contribution in [1.82, 2.24) is 0 Å². The summed E-state index contributed by atoms with van der Waals surface area (Å²) in [4.78, 5) is 0. The average Bonchev–Trinajstić information content (AvgIpc) is 2.17. The van der Waals surface area contributed by atoms with Crippen LogP contribution in [-0.4, -0.2) is 14.7 Å². The van der Waals surface area contributed by atoms with Gasteiger partial charge in [0.1, 0.15) is 5.82 Å². The van der Waals surface area contributed by atoms with E-state index in [2.05, 4.69) is 0 Å². The smallest absolute Gasteiger partial charge is 0.306 e. The third kappa shape index (κ3) is 2.30. The first-order valence-corrected chi connectivity index (χ1v) is 6.35. The number of hydrogen-bond donors (Lipinski definition) is 0. The van der Waals surface area contributed by atoms with Crippen molar-refractivity contribution < 1.29 is 17.0 Å². The molecule has 5 heteroatoms. The van der Waals surface area contributed by atoms with Gasteiger partial charge in [-0.25, -0.2) is 4.39 Å². The molecule has 2 rings (SSSR count). The third-order valence-electron chi connectivity index (χ3n) is 2.05. The molecule has 0 aliphatic heterocycles. The lowest BCUT2D eigenvalue weighted by atomic mass is 10.1. The van der Waals surface area contributed by atoms with Crippen molar-refractivity contribution in [3.63, 3.8) is 0 Å². The van der Waals surface area contributed by atoms with Crippen molar-refractivity contribution in [1.29, 1.82) is 0 Å². The van der Waals surface area contributed by atoms with E-state index in [0.29, 0.717) is 5.39 Å². The highest BCUT2D eigenvalue weighted by molar-refractivity contribution is 7.86. The minimum atomic E-state index is -3.60. The van der Waals surface area contributed by atoms with Crippen LogP contribution in [0.25, 0.3) is 10.8 Å². The normalized spacial score (nSPS) is 11.6. The molecule has 0 unspecified atom stereocenters. The maximum Gasteiger partial charge on any atom is 0.306 e. The van der Waals surface area contributed by atoms with Crippen LogP contribution < -0.4 is 4.18 Å². The zero-order valence-corrected chi connectivity index (χ0v) is 9.29. The van der Waals surface area contributed by atoms with Crippen LogP contribution in [0.15, 0.2) is 36.4 Å². The van der Waals surface area contributed by atoms with E-state index in [-0.39, 0.29) is 5.75 Å². The Hall–Kier alpha value is -1.62. The lowest BCUT2D eigenvalue weighted by Gasteiger charge is -2.06. The Balaban J connectivity index is 2.65. The molecule has 0 radical (unpaired) electrons. The summed E-state index contributed by atoms with van der Waals surface area (Å²) >= 11 is 0. The minimum absolute atomic E-state index is 0.138. The zero-order chi connectivity index (χ0) is 11.8. The first kappa shape index (κ1) is 10.9. The number of rotatable bonds is 2. The summed E-state index contributed by atoms with van der Waals surface area (Å²) in [6.45, 7) is 0. The molecule has 0 aliphatic carbocycles. The Labute approximate surface area is 92.6 Å². The van der Waals surface area contributed by atoms with Gasteiger partial charge in [-0.3, -0.25) is 0 Å². The molecule has 16 heavy (non-hydrogen) atoms. The van der Waals surface area contributed by atoms with E-state index in [9.17, 15) is 12.8 Å². The van der Waals surface area contributed by atoms with Crippen LogP contribution in [0.1, 0.15) is 0 Å². The van der Waals surface area contributed by atoms with Gasteiger partial charge in [-0.15, -0.1) is 0 Å². The van der Waals surface area contributed by atoms with Gasteiger partial charge in [0.15, 0.2) is 5.75 Å². The van der Waals surface area contributed by atoms with Crippen LogP contribution in [0.4, 0.5) is 4.39 Å². The maximum absolute atomic E-state index is 13.0. The molecule has 0 saturated heterocycles. The molecule has 0 fully saturated rings. The highest BCUT2D eigenvalue weighted by Crippen LogP contribution is 2.27. The summed E-state index contributed by atoms with van der Waals surface area (Å²) in [6.07, 6.45) is 0.950. The Morgan fingerprint density at radius 1 is 1.19 bits per heavy atom. The molecule has 0 amide bonds. The van der Waals surface area contributed by atoms with Crippen LogP contribution in [0, 0.1) is 5.82 Å². The van der Waals surface area contributed by atoms with Crippen LogP contribution in [-0.2, 0) is 10.1 Å². The monoisotopic (exact) mass is 240 g/mol. The molecular formula is C11H9FO3S. The Bertz CT molecular complexity index is 635. The molecule has 0 bridgehead atoms. The molecule has 0 aromatic heterocycles. The van der Waals surface area contributed by atoms with E-state index in [1.807, 2.05) is 0 Å². The summed E-state index contributed by atoms with van der Waals surface area (Å²) in [6, 6.07) is 9.02. The third-order valence-corrected chi connectivity index (χ3v) is 2.53. The largest absolute Gasteiger partial charge is 0.382 e. The van der Waals surface area contributed by atoms with Crippen molar-refractivity contribution in [2.45, 2.75) is 0 Å². The fraction of sp³-hybridized carbons (Fsp3) is 0.0909.